The molecule has 0 N–H and O–H groups in total. The number of rotatable bonds is 3. The highest BCUT2D eigenvalue weighted by Gasteiger charge is 2.26. The van der Waals surface area contributed by atoms with Crippen LogP contribution < -0.4 is 4.90 Å². The lowest BCUT2D eigenvalue weighted by atomic mass is 9.97. The monoisotopic (exact) mass is 249 g/mol. The predicted octanol–water partition coefficient (Wildman–Crippen LogP) is 3.80. The summed E-state index contributed by atoms with van der Waals surface area (Å²) in [5.41, 5.74) is 1.02. The molecule has 18 heavy (non-hydrogen) atoms. The van der Waals surface area contributed by atoms with Crippen molar-refractivity contribution >= 4 is 11.5 Å². The Morgan fingerprint density at radius 3 is 2.89 bits per heavy atom. The van der Waals surface area contributed by atoms with E-state index < -0.39 is 0 Å². The Balaban J connectivity index is 2.44. The highest BCUT2D eigenvalue weighted by atomic mass is 19.1. The Kier molecular flexibility index (Phi) is 4.00. The zero-order valence-corrected chi connectivity index (χ0v) is 11.1. The Hall–Kier alpha value is -1.38. The molecule has 0 saturated carbocycles. The molecule has 0 aliphatic carbocycles. The van der Waals surface area contributed by atoms with Gasteiger partial charge in [0, 0.05) is 18.2 Å². The second-order valence-electron chi connectivity index (χ2n) is 4.94. The Bertz CT molecular complexity index is 444. The fourth-order valence-electron chi connectivity index (χ4n) is 2.81. The number of nitrogens with zero attached hydrogens (tertiary/aromatic N) is 1. The van der Waals surface area contributed by atoms with Gasteiger partial charge in [-0.25, -0.2) is 4.39 Å². The van der Waals surface area contributed by atoms with Crippen LogP contribution in [0.2, 0.25) is 0 Å². The van der Waals surface area contributed by atoms with Crippen molar-refractivity contribution in [3.05, 3.63) is 29.6 Å². The largest absolute Gasteiger partial charge is 0.366 e. The van der Waals surface area contributed by atoms with E-state index in [-0.39, 0.29) is 11.6 Å². The van der Waals surface area contributed by atoms with Gasteiger partial charge in [0.1, 0.15) is 5.82 Å². The van der Waals surface area contributed by atoms with Crippen LogP contribution in [0.15, 0.2) is 18.2 Å². The van der Waals surface area contributed by atoms with Gasteiger partial charge in [-0.3, -0.25) is 4.79 Å². The molecule has 1 aliphatic rings. The van der Waals surface area contributed by atoms with E-state index in [4.69, 9.17) is 0 Å². The fraction of sp³-hybridized carbons (Fsp3) is 0.533. The molecule has 1 aromatic rings. The molecule has 98 valence electrons. The quantitative estimate of drug-likeness (QED) is 0.759. The third-order valence-corrected chi connectivity index (χ3v) is 3.75. The molecular weight excluding hydrogens is 229 g/mol. The van der Waals surface area contributed by atoms with Crippen molar-refractivity contribution in [3.8, 4) is 0 Å². The first kappa shape index (κ1) is 13.1. The zero-order valence-electron chi connectivity index (χ0n) is 11.1. The van der Waals surface area contributed by atoms with Crippen molar-refractivity contribution in [2.75, 3.05) is 11.4 Å². The average Bonchev–Trinajstić information content (AvgIpc) is 2.38. The number of hydrogen-bond donors (Lipinski definition) is 0. The van der Waals surface area contributed by atoms with Gasteiger partial charge in [-0.05, 0) is 44.7 Å². The molecule has 1 unspecified atom stereocenters. The summed E-state index contributed by atoms with van der Waals surface area (Å²) in [6.07, 6.45) is 4.34. The summed E-state index contributed by atoms with van der Waals surface area (Å²) in [5, 5.41) is 0. The summed E-state index contributed by atoms with van der Waals surface area (Å²) in [7, 11) is 0. The number of para-hydroxylation sites is 1. The smallest absolute Gasteiger partial charge is 0.161 e. The number of halogens is 1. The van der Waals surface area contributed by atoms with Crippen LogP contribution in [0.25, 0.3) is 0 Å². The number of Topliss-reactive ketones (excluding diaryl/α,β-unsaturated/α-hetero) is 1. The minimum Gasteiger partial charge on any atom is -0.366 e. The number of ketones is 1. The van der Waals surface area contributed by atoms with Crippen molar-refractivity contribution in [2.24, 2.45) is 0 Å². The molecule has 2 rings (SSSR count). The van der Waals surface area contributed by atoms with Crippen LogP contribution in [0.3, 0.4) is 0 Å². The van der Waals surface area contributed by atoms with Crippen LogP contribution in [0.1, 0.15) is 49.9 Å². The minimum atomic E-state index is -0.275. The molecule has 3 heteroatoms. The summed E-state index contributed by atoms with van der Waals surface area (Å²) < 4.78 is 14.1. The van der Waals surface area contributed by atoms with Crippen molar-refractivity contribution < 1.29 is 9.18 Å². The van der Waals surface area contributed by atoms with E-state index in [1.54, 1.807) is 12.1 Å². The van der Waals surface area contributed by atoms with Crippen molar-refractivity contribution in [3.63, 3.8) is 0 Å². The normalized spacial score (nSPS) is 19.9. The molecule has 2 nitrogen and oxygen atoms in total. The maximum absolute atomic E-state index is 14.1. The molecule has 1 saturated heterocycles. The zero-order chi connectivity index (χ0) is 13.1. The first-order chi connectivity index (χ1) is 8.65. The van der Waals surface area contributed by atoms with Gasteiger partial charge in [0.25, 0.3) is 0 Å². The van der Waals surface area contributed by atoms with Gasteiger partial charge in [0.2, 0.25) is 0 Å². The molecule has 1 aromatic carbocycles. The summed E-state index contributed by atoms with van der Waals surface area (Å²) in [5.74, 6) is -0.340. The minimum absolute atomic E-state index is 0.0649. The molecule has 1 fully saturated rings. The lowest BCUT2D eigenvalue weighted by Crippen LogP contribution is -2.40. The summed E-state index contributed by atoms with van der Waals surface area (Å²) in [4.78, 5) is 13.8. The van der Waals surface area contributed by atoms with E-state index in [0.29, 0.717) is 17.3 Å². The molecule has 0 bridgehead atoms. The van der Waals surface area contributed by atoms with E-state index in [1.807, 2.05) is 0 Å². The molecule has 0 radical (unpaired) electrons. The number of hydrogen-bond acceptors (Lipinski definition) is 2. The van der Waals surface area contributed by atoms with Gasteiger partial charge in [0.15, 0.2) is 5.78 Å². The van der Waals surface area contributed by atoms with Crippen molar-refractivity contribution in [2.45, 2.75) is 45.6 Å². The van der Waals surface area contributed by atoms with Crippen molar-refractivity contribution in [1.82, 2.24) is 0 Å². The van der Waals surface area contributed by atoms with Crippen LogP contribution in [-0.4, -0.2) is 18.4 Å². The molecule has 0 spiro atoms. The molecule has 1 atom stereocenters. The van der Waals surface area contributed by atoms with Gasteiger partial charge >= 0.3 is 0 Å². The predicted molar refractivity (Wildman–Crippen MR) is 71.7 cm³/mol. The van der Waals surface area contributed by atoms with Crippen LogP contribution in [0.5, 0.6) is 0 Å². The molecule has 1 aliphatic heterocycles. The first-order valence-electron chi connectivity index (χ1n) is 6.71. The summed E-state index contributed by atoms with van der Waals surface area (Å²) >= 11 is 0. The second kappa shape index (κ2) is 5.51. The third kappa shape index (κ3) is 2.40. The number of carbonyl (C=O) groups is 1. The van der Waals surface area contributed by atoms with E-state index >= 15 is 0 Å². The van der Waals surface area contributed by atoms with Crippen LogP contribution in [0, 0.1) is 5.82 Å². The maximum Gasteiger partial charge on any atom is 0.161 e. The molecule has 0 aromatic heterocycles. The van der Waals surface area contributed by atoms with E-state index in [2.05, 4.69) is 11.8 Å². The number of anilines is 1. The van der Waals surface area contributed by atoms with Gasteiger partial charge < -0.3 is 4.90 Å². The van der Waals surface area contributed by atoms with Crippen LogP contribution in [-0.2, 0) is 0 Å². The van der Waals surface area contributed by atoms with Crippen LogP contribution >= 0.6 is 0 Å². The lowest BCUT2D eigenvalue weighted by Gasteiger charge is -2.38. The summed E-state index contributed by atoms with van der Waals surface area (Å²) in [6.45, 7) is 4.47. The molecule has 1 heterocycles. The highest BCUT2D eigenvalue weighted by molar-refractivity contribution is 5.99. The number of carbonyl (C=O) groups excluding carboxylic acids is 1. The average molecular weight is 249 g/mol. The van der Waals surface area contributed by atoms with E-state index in [1.165, 1.54) is 19.4 Å². The third-order valence-electron chi connectivity index (χ3n) is 3.75. The lowest BCUT2D eigenvalue weighted by molar-refractivity contribution is 0.101. The van der Waals surface area contributed by atoms with Gasteiger partial charge in [0.05, 0.1) is 5.69 Å². The first-order valence-corrected chi connectivity index (χ1v) is 6.71. The SMILES string of the molecule is CCC1CCCCN1c1c(F)cccc1C(C)=O. The Morgan fingerprint density at radius 2 is 2.22 bits per heavy atom. The van der Waals surface area contributed by atoms with Gasteiger partial charge in [-0.2, -0.15) is 0 Å². The second-order valence-corrected chi connectivity index (χ2v) is 4.94. The van der Waals surface area contributed by atoms with Crippen LogP contribution in [0.4, 0.5) is 10.1 Å². The van der Waals surface area contributed by atoms with Gasteiger partial charge in [-0.15, -0.1) is 0 Å². The Morgan fingerprint density at radius 1 is 1.44 bits per heavy atom. The fourth-order valence-corrected chi connectivity index (χ4v) is 2.81. The molecule has 0 amide bonds. The standard InChI is InChI=1S/C15H20FNO/c1-3-12-7-4-5-10-17(12)15-13(11(2)18)8-6-9-14(15)16/h6,8-9,12H,3-5,7,10H2,1-2H3. The van der Waals surface area contributed by atoms with E-state index in [9.17, 15) is 9.18 Å². The van der Waals surface area contributed by atoms with Crippen molar-refractivity contribution in [1.29, 1.82) is 0 Å². The highest BCUT2D eigenvalue weighted by Crippen LogP contribution is 2.31. The maximum atomic E-state index is 14.1. The topological polar surface area (TPSA) is 20.3 Å². The van der Waals surface area contributed by atoms with Gasteiger partial charge in [-0.1, -0.05) is 13.0 Å². The number of benzene rings is 1. The van der Waals surface area contributed by atoms with E-state index in [0.717, 1.165) is 25.8 Å². The Labute approximate surface area is 108 Å². The summed E-state index contributed by atoms with van der Waals surface area (Å²) in [6, 6.07) is 5.14. The number of piperidine rings is 1. The molecular formula is C15H20FNO.